The first-order valence-electron chi connectivity index (χ1n) is 8.71. The van der Waals surface area contributed by atoms with E-state index >= 15 is 0 Å². The number of aromatic nitrogens is 2. The summed E-state index contributed by atoms with van der Waals surface area (Å²) in [7, 11) is 0. The number of hydrogen-bond acceptors (Lipinski definition) is 3. The van der Waals surface area contributed by atoms with Crippen LogP contribution in [0.25, 0.3) is 11.3 Å². The Hall–Kier alpha value is -2.53. The summed E-state index contributed by atoms with van der Waals surface area (Å²) >= 11 is 1.41. The minimum absolute atomic E-state index is 0.00946. The van der Waals surface area contributed by atoms with E-state index in [0.29, 0.717) is 11.7 Å². The van der Waals surface area contributed by atoms with Gasteiger partial charge in [-0.1, -0.05) is 86.3 Å². The molecule has 0 saturated heterocycles. The maximum Gasteiger partial charge on any atom is 0.230 e. The number of nitrogens with one attached hydrogen (secondary N) is 2. The molecule has 1 aromatic heterocycles. The van der Waals surface area contributed by atoms with Crippen LogP contribution in [0.1, 0.15) is 25.5 Å². The summed E-state index contributed by atoms with van der Waals surface area (Å²) < 4.78 is 0. The van der Waals surface area contributed by atoms with Gasteiger partial charge in [0, 0.05) is 0 Å². The van der Waals surface area contributed by atoms with Crippen molar-refractivity contribution in [3.05, 3.63) is 72.4 Å². The lowest BCUT2D eigenvalue weighted by atomic mass is 9.96. The number of aromatic amines is 1. The van der Waals surface area contributed by atoms with Gasteiger partial charge >= 0.3 is 0 Å². The largest absolute Gasteiger partial charge is 0.348 e. The summed E-state index contributed by atoms with van der Waals surface area (Å²) in [6.45, 7) is 4.23. The zero-order valence-corrected chi connectivity index (χ0v) is 15.8. The number of carbonyl (C=O) groups is 1. The van der Waals surface area contributed by atoms with Gasteiger partial charge in [-0.3, -0.25) is 4.79 Å². The van der Waals surface area contributed by atoms with Crippen LogP contribution in [0.2, 0.25) is 0 Å². The molecule has 3 rings (SSSR count). The summed E-state index contributed by atoms with van der Waals surface area (Å²) in [6.07, 6.45) is 1.80. The molecule has 4 nitrogen and oxygen atoms in total. The number of imidazole rings is 1. The number of nitrogens with zero attached hydrogens (tertiary/aromatic N) is 1. The minimum atomic E-state index is 0.00946. The molecule has 134 valence electrons. The second kappa shape index (κ2) is 8.72. The topological polar surface area (TPSA) is 57.8 Å². The van der Waals surface area contributed by atoms with Gasteiger partial charge in [0.1, 0.15) is 0 Å². The van der Waals surface area contributed by atoms with Crippen LogP contribution in [0.4, 0.5) is 0 Å². The molecule has 1 heterocycles. The van der Waals surface area contributed by atoms with E-state index in [4.69, 9.17) is 0 Å². The molecule has 0 aliphatic carbocycles. The lowest BCUT2D eigenvalue weighted by Crippen LogP contribution is -2.32. The van der Waals surface area contributed by atoms with Gasteiger partial charge in [-0.25, -0.2) is 4.98 Å². The number of hydrogen-bond donors (Lipinski definition) is 2. The Morgan fingerprint density at radius 3 is 2.38 bits per heavy atom. The van der Waals surface area contributed by atoms with Gasteiger partial charge in [0.05, 0.1) is 23.7 Å². The highest BCUT2D eigenvalue weighted by molar-refractivity contribution is 7.99. The molecule has 1 amide bonds. The first kappa shape index (κ1) is 18.3. The zero-order valence-electron chi connectivity index (χ0n) is 15.0. The molecule has 0 saturated carbocycles. The first-order valence-corrected chi connectivity index (χ1v) is 9.69. The molecule has 0 fully saturated rings. The Kier molecular flexibility index (Phi) is 6.12. The molecular formula is C21H23N3OS. The van der Waals surface area contributed by atoms with E-state index in [1.54, 1.807) is 6.20 Å². The van der Waals surface area contributed by atoms with Crippen LogP contribution in [0.15, 0.2) is 72.0 Å². The minimum Gasteiger partial charge on any atom is -0.348 e. The Morgan fingerprint density at radius 1 is 1.08 bits per heavy atom. The number of H-pyrrole nitrogens is 1. The normalized spacial score (nSPS) is 12.1. The van der Waals surface area contributed by atoms with E-state index < -0.39 is 0 Å². The molecule has 0 spiro atoms. The Labute approximate surface area is 158 Å². The van der Waals surface area contributed by atoms with E-state index in [2.05, 4.69) is 41.3 Å². The van der Waals surface area contributed by atoms with Crippen molar-refractivity contribution < 1.29 is 4.79 Å². The molecule has 1 atom stereocenters. The predicted molar refractivity (Wildman–Crippen MR) is 107 cm³/mol. The lowest BCUT2D eigenvalue weighted by molar-refractivity contribution is -0.119. The highest BCUT2D eigenvalue weighted by Crippen LogP contribution is 2.23. The molecule has 2 N–H and O–H groups in total. The third-order valence-electron chi connectivity index (χ3n) is 4.12. The van der Waals surface area contributed by atoms with Crippen molar-refractivity contribution in [2.24, 2.45) is 5.92 Å². The maximum atomic E-state index is 12.4. The molecule has 5 heteroatoms. The first-order chi connectivity index (χ1) is 12.6. The quantitative estimate of drug-likeness (QED) is 0.598. The molecule has 2 aromatic carbocycles. The van der Waals surface area contributed by atoms with E-state index in [9.17, 15) is 4.79 Å². The van der Waals surface area contributed by atoms with Crippen LogP contribution >= 0.6 is 11.8 Å². The summed E-state index contributed by atoms with van der Waals surface area (Å²) in [5.74, 6) is 0.660. The number of benzene rings is 2. The average molecular weight is 366 g/mol. The number of amides is 1. The van der Waals surface area contributed by atoms with Crippen LogP contribution in [0.5, 0.6) is 0 Å². The molecule has 26 heavy (non-hydrogen) atoms. The van der Waals surface area contributed by atoms with Crippen LogP contribution < -0.4 is 5.32 Å². The Morgan fingerprint density at radius 2 is 1.73 bits per heavy atom. The van der Waals surface area contributed by atoms with Crippen molar-refractivity contribution in [3.8, 4) is 11.3 Å². The van der Waals surface area contributed by atoms with Crippen LogP contribution in [0, 0.1) is 5.92 Å². The highest BCUT2D eigenvalue weighted by Gasteiger charge is 2.18. The number of thioether (sulfide) groups is 1. The summed E-state index contributed by atoms with van der Waals surface area (Å²) in [6, 6.07) is 20.1. The van der Waals surface area contributed by atoms with Gasteiger partial charge in [-0.05, 0) is 17.0 Å². The van der Waals surface area contributed by atoms with Crippen molar-refractivity contribution in [2.45, 2.75) is 25.0 Å². The van der Waals surface area contributed by atoms with E-state index in [1.807, 2.05) is 48.5 Å². The summed E-state index contributed by atoms with van der Waals surface area (Å²) in [4.78, 5) is 20.0. The standard InChI is InChI=1S/C21H23N3OS/c1-15(2)20(17-11-7-4-8-12-17)24-19(25)14-26-21-22-13-18(23-21)16-9-5-3-6-10-16/h3-13,15,20H,14H2,1-2H3,(H,22,23)(H,24,25)/t20-/m1/s1. The maximum absolute atomic E-state index is 12.4. The number of rotatable bonds is 7. The van der Waals surface area contributed by atoms with Crippen molar-refractivity contribution in [1.29, 1.82) is 0 Å². The van der Waals surface area contributed by atoms with E-state index in [0.717, 1.165) is 22.0 Å². The second-order valence-electron chi connectivity index (χ2n) is 6.46. The summed E-state index contributed by atoms with van der Waals surface area (Å²) in [5.41, 5.74) is 3.17. The van der Waals surface area contributed by atoms with Crippen molar-refractivity contribution in [2.75, 3.05) is 5.75 Å². The van der Waals surface area contributed by atoms with Crippen molar-refractivity contribution >= 4 is 17.7 Å². The zero-order chi connectivity index (χ0) is 18.4. The monoisotopic (exact) mass is 365 g/mol. The fourth-order valence-electron chi connectivity index (χ4n) is 2.78. The Bertz CT molecular complexity index is 831. The molecule has 0 aliphatic heterocycles. The van der Waals surface area contributed by atoms with E-state index in [-0.39, 0.29) is 11.9 Å². The highest BCUT2D eigenvalue weighted by atomic mass is 32.2. The van der Waals surface area contributed by atoms with Crippen molar-refractivity contribution in [1.82, 2.24) is 15.3 Å². The van der Waals surface area contributed by atoms with Crippen LogP contribution in [-0.2, 0) is 4.79 Å². The molecule has 0 radical (unpaired) electrons. The van der Waals surface area contributed by atoms with E-state index in [1.165, 1.54) is 11.8 Å². The average Bonchev–Trinajstić information content (AvgIpc) is 3.15. The molecular weight excluding hydrogens is 342 g/mol. The second-order valence-corrected chi connectivity index (χ2v) is 7.42. The van der Waals surface area contributed by atoms with Crippen molar-refractivity contribution in [3.63, 3.8) is 0 Å². The van der Waals surface area contributed by atoms with Gasteiger partial charge in [-0.2, -0.15) is 0 Å². The fraction of sp³-hybridized carbons (Fsp3) is 0.238. The van der Waals surface area contributed by atoms with Gasteiger partial charge in [0.2, 0.25) is 5.91 Å². The number of carbonyl (C=O) groups excluding carboxylic acids is 1. The fourth-order valence-corrected chi connectivity index (χ4v) is 3.45. The van der Waals surface area contributed by atoms with Gasteiger partial charge in [-0.15, -0.1) is 0 Å². The third-order valence-corrected chi connectivity index (χ3v) is 5.01. The van der Waals surface area contributed by atoms with Crippen LogP contribution in [-0.4, -0.2) is 21.6 Å². The Balaban J connectivity index is 1.58. The molecule has 3 aromatic rings. The lowest BCUT2D eigenvalue weighted by Gasteiger charge is -2.22. The molecule has 0 unspecified atom stereocenters. The molecule has 0 aliphatic rings. The SMILES string of the molecule is CC(C)[C@@H](NC(=O)CSc1ncc(-c2ccccc2)[nH]1)c1ccccc1. The van der Waals surface area contributed by atoms with Gasteiger partial charge in [0.25, 0.3) is 0 Å². The summed E-state index contributed by atoms with van der Waals surface area (Å²) in [5, 5.41) is 3.89. The molecule has 0 bridgehead atoms. The van der Waals surface area contributed by atoms with Gasteiger partial charge in [0.15, 0.2) is 5.16 Å². The van der Waals surface area contributed by atoms with Crippen LogP contribution in [0.3, 0.4) is 0 Å². The third kappa shape index (κ3) is 4.76. The van der Waals surface area contributed by atoms with Gasteiger partial charge < -0.3 is 10.3 Å². The predicted octanol–water partition coefficient (Wildman–Crippen LogP) is 4.68. The smallest absolute Gasteiger partial charge is 0.230 e.